The highest BCUT2D eigenvalue weighted by atomic mass is 19.3. The number of halogens is 2. The zero-order valence-corrected chi connectivity index (χ0v) is 19.6. The highest BCUT2D eigenvalue weighted by Crippen LogP contribution is 2.46. The molecule has 2 aliphatic heterocycles. The number of ether oxygens (including phenoxy) is 2. The van der Waals surface area contributed by atoms with Crippen LogP contribution in [0.4, 0.5) is 14.7 Å². The van der Waals surface area contributed by atoms with Crippen LogP contribution in [0, 0.1) is 6.92 Å². The number of para-hydroxylation sites is 1. The summed E-state index contributed by atoms with van der Waals surface area (Å²) >= 11 is 0. The summed E-state index contributed by atoms with van der Waals surface area (Å²) in [5.74, 6) is 2.02. The van der Waals surface area contributed by atoms with E-state index in [9.17, 15) is 8.78 Å². The van der Waals surface area contributed by atoms with E-state index in [4.69, 9.17) is 14.0 Å². The Bertz CT molecular complexity index is 1180. The van der Waals surface area contributed by atoms with Crippen molar-refractivity contribution in [1.82, 2.24) is 15.1 Å². The van der Waals surface area contributed by atoms with E-state index in [1.807, 2.05) is 19.2 Å². The molecule has 2 aromatic heterocycles. The van der Waals surface area contributed by atoms with Gasteiger partial charge in [0.05, 0.1) is 12.7 Å². The zero-order valence-electron chi connectivity index (χ0n) is 19.6. The molecule has 35 heavy (non-hydrogen) atoms. The maximum absolute atomic E-state index is 13.0. The molecule has 6 rings (SSSR count). The van der Waals surface area contributed by atoms with Crippen LogP contribution in [0.15, 0.2) is 41.1 Å². The predicted molar refractivity (Wildman–Crippen MR) is 124 cm³/mol. The molecule has 2 atom stereocenters. The van der Waals surface area contributed by atoms with Crippen LogP contribution >= 0.6 is 0 Å². The van der Waals surface area contributed by atoms with Gasteiger partial charge in [0.1, 0.15) is 17.2 Å². The van der Waals surface area contributed by atoms with Crippen molar-refractivity contribution in [1.29, 1.82) is 0 Å². The number of hydrogen-bond donors (Lipinski definition) is 0. The van der Waals surface area contributed by atoms with Gasteiger partial charge < -0.3 is 18.9 Å². The fourth-order valence-electron chi connectivity index (χ4n) is 5.55. The molecule has 2 bridgehead atoms. The van der Waals surface area contributed by atoms with Gasteiger partial charge in [-0.1, -0.05) is 17.3 Å². The second kappa shape index (κ2) is 9.18. The Balaban J connectivity index is 1.21. The maximum Gasteiger partial charge on any atom is 0.387 e. The van der Waals surface area contributed by atoms with E-state index in [-0.39, 0.29) is 11.9 Å². The standard InChI is InChI=1S/C26H28F2N4O3/c1-15-10-11-29-26(30-15)32-17-8-9-18(32)13-19(12-17)33-14-21-23(31-35-24(21)16-6-7-16)20-4-2-3-5-22(20)34-25(27)28/h2-5,10-11,16-19,25H,6-9,12-14H2,1H3. The number of piperidine rings is 1. The molecule has 184 valence electrons. The Labute approximate surface area is 202 Å². The van der Waals surface area contributed by atoms with E-state index in [2.05, 4.69) is 20.0 Å². The van der Waals surface area contributed by atoms with Crippen LogP contribution in [0.2, 0.25) is 0 Å². The molecule has 2 saturated heterocycles. The van der Waals surface area contributed by atoms with Crippen LogP contribution in [0.25, 0.3) is 11.3 Å². The normalized spacial score (nSPS) is 23.8. The third kappa shape index (κ3) is 4.49. The van der Waals surface area contributed by atoms with Gasteiger partial charge in [-0.25, -0.2) is 9.97 Å². The highest BCUT2D eigenvalue weighted by Gasteiger charge is 2.43. The van der Waals surface area contributed by atoms with Crippen LogP contribution < -0.4 is 9.64 Å². The largest absolute Gasteiger partial charge is 0.434 e. The Morgan fingerprint density at radius 2 is 1.86 bits per heavy atom. The molecular formula is C26H28F2N4O3. The summed E-state index contributed by atoms with van der Waals surface area (Å²) in [4.78, 5) is 11.5. The van der Waals surface area contributed by atoms with Crippen LogP contribution in [-0.4, -0.2) is 39.9 Å². The molecule has 0 radical (unpaired) electrons. The third-order valence-corrected chi connectivity index (χ3v) is 7.29. The summed E-state index contributed by atoms with van der Waals surface area (Å²) in [6.45, 7) is -0.594. The van der Waals surface area contributed by atoms with E-state index >= 15 is 0 Å². The molecule has 7 nitrogen and oxygen atoms in total. The van der Waals surface area contributed by atoms with Crippen LogP contribution in [0.3, 0.4) is 0 Å². The molecule has 3 fully saturated rings. The first-order valence-electron chi connectivity index (χ1n) is 12.3. The fourth-order valence-corrected chi connectivity index (χ4v) is 5.55. The minimum Gasteiger partial charge on any atom is -0.434 e. The van der Waals surface area contributed by atoms with Gasteiger partial charge in [0.2, 0.25) is 5.95 Å². The number of anilines is 1. The van der Waals surface area contributed by atoms with Crippen molar-refractivity contribution in [2.75, 3.05) is 4.90 Å². The van der Waals surface area contributed by atoms with Crippen LogP contribution in [-0.2, 0) is 11.3 Å². The topological polar surface area (TPSA) is 73.5 Å². The monoisotopic (exact) mass is 482 g/mol. The van der Waals surface area contributed by atoms with Crippen molar-refractivity contribution in [3.8, 4) is 17.0 Å². The molecular weight excluding hydrogens is 454 g/mol. The number of nitrogens with zero attached hydrogens (tertiary/aromatic N) is 4. The van der Waals surface area contributed by atoms with Gasteiger partial charge in [0, 0.05) is 41.0 Å². The smallest absolute Gasteiger partial charge is 0.387 e. The first-order chi connectivity index (χ1) is 17.1. The lowest BCUT2D eigenvalue weighted by molar-refractivity contribution is -0.0494. The Kier molecular flexibility index (Phi) is 5.88. The molecule has 2 unspecified atom stereocenters. The van der Waals surface area contributed by atoms with Crippen LogP contribution in [0.5, 0.6) is 5.75 Å². The highest BCUT2D eigenvalue weighted by molar-refractivity contribution is 5.70. The van der Waals surface area contributed by atoms with E-state index in [0.29, 0.717) is 35.9 Å². The quantitative estimate of drug-likeness (QED) is 0.412. The Hall–Kier alpha value is -3.07. The first kappa shape index (κ1) is 22.4. The van der Waals surface area contributed by atoms with Gasteiger partial charge in [-0.2, -0.15) is 8.78 Å². The summed E-state index contributed by atoms with van der Waals surface area (Å²) in [5.41, 5.74) is 2.83. The molecule has 3 aromatic rings. The number of benzene rings is 1. The number of fused-ring (bicyclic) bond motifs is 2. The van der Waals surface area contributed by atoms with E-state index < -0.39 is 6.61 Å². The van der Waals surface area contributed by atoms with Gasteiger partial charge >= 0.3 is 6.61 Å². The average Bonchev–Trinajstić information content (AvgIpc) is 3.54. The van der Waals surface area contributed by atoms with Crippen molar-refractivity contribution in [2.45, 2.75) is 82.8 Å². The van der Waals surface area contributed by atoms with Crippen molar-refractivity contribution in [3.63, 3.8) is 0 Å². The summed E-state index contributed by atoms with van der Waals surface area (Å²) in [5, 5.41) is 4.28. The van der Waals surface area contributed by atoms with Gasteiger partial charge in [-0.15, -0.1) is 0 Å². The van der Waals surface area contributed by atoms with Crippen molar-refractivity contribution < 1.29 is 22.8 Å². The zero-order chi connectivity index (χ0) is 23.9. The number of aromatic nitrogens is 3. The van der Waals surface area contributed by atoms with E-state index in [0.717, 1.165) is 61.5 Å². The molecule has 4 heterocycles. The van der Waals surface area contributed by atoms with Gasteiger partial charge in [-0.05, 0) is 63.6 Å². The molecule has 1 saturated carbocycles. The lowest BCUT2D eigenvalue weighted by Crippen LogP contribution is -2.46. The number of hydrogen-bond acceptors (Lipinski definition) is 7. The predicted octanol–water partition coefficient (Wildman–Crippen LogP) is 5.64. The summed E-state index contributed by atoms with van der Waals surface area (Å²) in [7, 11) is 0. The number of rotatable bonds is 8. The molecule has 3 aliphatic rings. The fraction of sp³-hybridized carbons (Fsp3) is 0.500. The Morgan fingerprint density at radius 3 is 2.57 bits per heavy atom. The molecule has 0 spiro atoms. The first-order valence-corrected chi connectivity index (χ1v) is 12.3. The van der Waals surface area contributed by atoms with Gasteiger partial charge in [0.25, 0.3) is 0 Å². The summed E-state index contributed by atoms with van der Waals surface area (Å²) in [6.07, 6.45) is 8.00. The lowest BCUT2D eigenvalue weighted by Gasteiger charge is -2.38. The van der Waals surface area contributed by atoms with Crippen molar-refractivity contribution >= 4 is 5.95 Å². The SMILES string of the molecule is Cc1ccnc(N2C3CCC2CC(OCc2c(-c4ccccc4OC(F)F)noc2C2CC2)C3)n1. The number of aryl methyl sites for hydroxylation is 1. The van der Waals surface area contributed by atoms with E-state index in [1.54, 1.807) is 18.2 Å². The molecule has 1 aromatic carbocycles. The molecule has 9 heteroatoms. The Morgan fingerprint density at radius 1 is 1.09 bits per heavy atom. The summed E-state index contributed by atoms with van der Waals surface area (Å²) in [6, 6.07) is 9.33. The molecule has 0 N–H and O–H groups in total. The van der Waals surface area contributed by atoms with Gasteiger partial charge in [-0.3, -0.25) is 0 Å². The minimum atomic E-state index is -2.91. The molecule has 1 aliphatic carbocycles. The molecule has 0 amide bonds. The number of alkyl halides is 2. The minimum absolute atomic E-state index is 0.0869. The average molecular weight is 483 g/mol. The third-order valence-electron chi connectivity index (χ3n) is 7.29. The lowest BCUT2D eigenvalue weighted by atomic mass is 9.99. The van der Waals surface area contributed by atoms with Crippen molar-refractivity contribution in [3.05, 3.63) is 53.5 Å². The van der Waals surface area contributed by atoms with Crippen molar-refractivity contribution in [2.24, 2.45) is 0 Å². The second-order valence-corrected chi connectivity index (χ2v) is 9.72. The maximum atomic E-state index is 13.0. The van der Waals surface area contributed by atoms with E-state index in [1.165, 1.54) is 6.07 Å². The van der Waals surface area contributed by atoms with Crippen LogP contribution in [0.1, 0.15) is 61.5 Å². The second-order valence-electron chi connectivity index (χ2n) is 9.72. The van der Waals surface area contributed by atoms with Gasteiger partial charge in [0.15, 0.2) is 0 Å². The summed E-state index contributed by atoms with van der Waals surface area (Å²) < 4.78 is 42.9.